The van der Waals surface area contributed by atoms with Crippen LogP contribution in [0.5, 0.6) is 11.5 Å². The molecule has 0 saturated carbocycles. The van der Waals surface area contributed by atoms with Gasteiger partial charge >= 0.3 is 5.97 Å². The zero-order valence-corrected chi connectivity index (χ0v) is 12.0. The summed E-state index contributed by atoms with van der Waals surface area (Å²) in [4.78, 5) is 16.1. The van der Waals surface area contributed by atoms with Crippen molar-refractivity contribution in [2.24, 2.45) is 5.16 Å². The minimum Gasteiger partial charge on any atom is -0.493 e. The molecular formula is C15H17NO4. The van der Waals surface area contributed by atoms with E-state index in [0.717, 1.165) is 5.56 Å². The maximum absolute atomic E-state index is 11.5. The van der Waals surface area contributed by atoms with Crippen LogP contribution in [-0.2, 0) is 9.63 Å². The third-order valence-electron chi connectivity index (χ3n) is 2.74. The molecular weight excluding hydrogens is 258 g/mol. The molecule has 1 aliphatic rings. The van der Waals surface area contributed by atoms with E-state index in [9.17, 15) is 4.79 Å². The molecule has 0 spiro atoms. The molecule has 0 bridgehead atoms. The molecule has 0 unspecified atom stereocenters. The van der Waals surface area contributed by atoms with Crippen molar-refractivity contribution in [1.82, 2.24) is 0 Å². The number of oxime groups is 1. The molecule has 106 valence electrons. The van der Waals surface area contributed by atoms with Gasteiger partial charge in [-0.25, -0.2) is 4.79 Å². The summed E-state index contributed by atoms with van der Waals surface area (Å²) in [5, 5.41) is 3.64. The molecule has 1 heterocycles. The smallest absolute Gasteiger partial charge is 0.367 e. The van der Waals surface area contributed by atoms with Crippen LogP contribution in [0.4, 0.5) is 0 Å². The molecule has 0 aromatic heterocycles. The number of hydrogen-bond donors (Lipinski definition) is 0. The lowest BCUT2D eigenvalue weighted by Crippen LogP contribution is -2.06. The Morgan fingerprint density at radius 2 is 2.05 bits per heavy atom. The van der Waals surface area contributed by atoms with Gasteiger partial charge in [-0.15, -0.1) is 0 Å². The molecule has 0 radical (unpaired) electrons. The number of carbonyl (C=O) groups excluding carboxylic acids is 1. The first-order valence-electron chi connectivity index (χ1n) is 6.34. The summed E-state index contributed by atoms with van der Waals surface area (Å²) >= 11 is 0. The van der Waals surface area contributed by atoms with Gasteiger partial charge in [0.15, 0.2) is 11.5 Å². The van der Waals surface area contributed by atoms with Crippen molar-refractivity contribution in [3.8, 4) is 11.5 Å². The second-order valence-corrected chi connectivity index (χ2v) is 4.69. The predicted octanol–water partition coefficient (Wildman–Crippen LogP) is 2.80. The van der Waals surface area contributed by atoms with Crippen molar-refractivity contribution in [2.75, 3.05) is 7.11 Å². The van der Waals surface area contributed by atoms with Gasteiger partial charge in [-0.2, -0.15) is 0 Å². The zero-order chi connectivity index (χ0) is 14.7. The number of methoxy groups -OCH3 is 1. The molecule has 0 atom stereocenters. The Labute approximate surface area is 117 Å². The largest absolute Gasteiger partial charge is 0.493 e. The Morgan fingerprint density at radius 1 is 1.30 bits per heavy atom. The summed E-state index contributed by atoms with van der Waals surface area (Å²) < 4.78 is 10.9. The lowest BCUT2D eigenvalue weighted by molar-refractivity contribution is -0.136. The average Bonchev–Trinajstić information content (AvgIpc) is 2.71. The van der Waals surface area contributed by atoms with Crippen molar-refractivity contribution in [3.63, 3.8) is 0 Å². The first-order chi connectivity index (χ1) is 9.51. The highest BCUT2D eigenvalue weighted by Gasteiger charge is 2.21. The first-order valence-corrected chi connectivity index (χ1v) is 6.34. The average molecular weight is 275 g/mol. The fourth-order valence-corrected chi connectivity index (χ4v) is 1.81. The van der Waals surface area contributed by atoms with E-state index in [4.69, 9.17) is 9.47 Å². The van der Waals surface area contributed by atoms with Gasteiger partial charge in [0, 0.05) is 0 Å². The molecule has 0 saturated heterocycles. The second kappa shape index (κ2) is 5.77. The number of nitrogens with zero attached hydrogens (tertiary/aromatic N) is 1. The molecule has 0 amide bonds. The number of hydrogen-bond acceptors (Lipinski definition) is 5. The molecule has 20 heavy (non-hydrogen) atoms. The molecule has 0 aliphatic carbocycles. The van der Waals surface area contributed by atoms with Crippen molar-refractivity contribution in [3.05, 3.63) is 29.3 Å². The Balaban J connectivity index is 2.33. The number of ether oxygens (including phenoxy) is 2. The Morgan fingerprint density at radius 3 is 2.60 bits per heavy atom. The van der Waals surface area contributed by atoms with E-state index in [0.29, 0.717) is 22.8 Å². The fourth-order valence-electron chi connectivity index (χ4n) is 1.81. The highest BCUT2D eigenvalue weighted by atomic mass is 16.7. The van der Waals surface area contributed by atoms with E-state index >= 15 is 0 Å². The quantitative estimate of drug-likeness (QED) is 0.626. The minimum absolute atomic E-state index is 0.0623. The van der Waals surface area contributed by atoms with Crippen molar-refractivity contribution >= 4 is 17.8 Å². The third kappa shape index (κ3) is 2.99. The Hall–Kier alpha value is -2.30. The van der Waals surface area contributed by atoms with Crippen LogP contribution in [0.1, 0.15) is 26.3 Å². The van der Waals surface area contributed by atoms with E-state index in [1.165, 1.54) is 0 Å². The van der Waals surface area contributed by atoms with E-state index in [1.54, 1.807) is 20.1 Å². The number of carbonyl (C=O) groups is 1. The molecule has 1 aromatic rings. The Bertz CT molecular complexity index is 588. The van der Waals surface area contributed by atoms with Crippen LogP contribution in [0.15, 0.2) is 28.9 Å². The van der Waals surface area contributed by atoms with Crippen LogP contribution in [0.25, 0.3) is 6.08 Å². The van der Waals surface area contributed by atoms with Crippen LogP contribution >= 0.6 is 0 Å². The molecule has 5 heteroatoms. The molecule has 2 rings (SSSR count). The molecule has 1 aromatic carbocycles. The van der Waals surface area contributed by atoms with Crippen molar-refractivity contribution in [2.45, 2.75) is 26.9 Å². The third-order valence-corrected chi connectivity index (χ3v) is 2.74. The van der Waals surface area contributed by atoms with Gasteiger partial charge in [-0.05, 0) is 44.5 Å². The van der Waals surface area contributed by atoms with Gasteiger partial charge in [0.2, 0.25) is 0 Å². The van der Waals surface area contributed by atoms with Crippen molar-refractivity contribution in [1.29, 1.82) is 0 Å². The van der Waals surface area contributed by atoms with Gasteiger partial charge in [-0.1, -0.05) is 11.2 Å². The van der Waals surface area contributed by atoms with Crippen LogP contribution in [-0.4, -0.2) is 24.9 Å². The van der Waals surface area contributed by atoms with Gasteiger partial charge in [0.05, 0.1) is 24.5 Å². The minimum atomic E-state index is -0.441. The summed E-state index contributed by atoms with van der Waals surface area (Å²) in [5.74, 6) is 0.849. The zero-order valence-electron chi connectivity index (χ0n) is 12.0. The molecule has 1 aliphatic heterocycles. The van der Waals surface area contributed by atoms with Crippen LogP contribution in [0.2, 0.25) is 0 Å². The molecule has 0 fully saturated rings. The van der Waals surface area contributed by atoms with Gasteiger partial charge in [0.25, 0.3) is 0 Å². The monoisotopic (exact) mass is 275 g/mol. The summed E-state index contributed by atoms with van der Waals surface area (Å²) in [6, 6.07) is 5.48. The molecule has 0 N–H and O–H groups in total. The molecule has 5 nitrogen and oxygen atoms in total. The summed E-state index contributed by atoms with van der Waals surface area (Å²) in [6.07, 6.45) is 1.78. The maximum atomic E-state index is 11.5. The fraction of sp³-hybridized carbons (Fsp3) is 0.333. The first kappa shape index (κ1) is 14.1. The van der Waals surface area contributed by atoms with Gasteiger partial charge in [0.1, 0.15) is 0 Å². The summed E-state index contributed by atoms with van der Waals surface area (Å²) in [7, 11) is 1.58. The summed E-state index contributed by atoms with van der Waals surface area (Å²) in [5.41, 5.74) is 1.84. The van der Waals surface area contributed by atoms with Crippen molar-refractivity contribution < 1.29 is 19.1 Å². The topological polar surface area (TPSA) is 57.1 Å². The predicted molar refractivity (Wildman–Crippen MR) is 75.9 cm³/mol. The Kier molecular flexibility index (Phi) is 4.08. The van der Waals surface area contributed by atoms with E-state index in [-0.39, 0.29) is 6.10 Å². The number of rotatable bonds is 4. The van der Waals surface area contributed by atoms with Gasteiger partial charge in [-0.3, -0.25) is 0 Å². The second-order valence-electron chi connectivity index (χ2n) is 4.69. The highest BCUT2D eigenvalue weighted by Crippen LogP contribution is 2.30. The maximum Gasteiger partial charge on any atom is 0.367 e. The highest BCUT2D eigenvalue weighted by molar-refractivity contribution is 6.24. The SMILES string of the molecule is COc1cc(/C=C2/C(=O)ON=C2C)ccc1OC(C)C. The normalized spacial score (nSPS) is 16.4. The lowest BCUT2D eigenvalue weighted by Gasteiger charge is -2.13. The van der Waals surface area contributed by atoms with Crippen LogP contribution in [0, 0.1) is 0 Å². The van der Waals surface area contributed by atoms with E-state index in [1.807, 2.05) is 32.0 Å². The lowest BCUT2D eigenvalue weighted by atomic mass is 10.1. The summed E-state index contributed by atoms with van der Waals surface area (Å²) in [6.45, 7) is 5.62. The van der Waals surface area contributed by atoms with E-state index in [2.05, 4.69) is 9.99 Å². The standard InChI is InChI=1S/C15H17NO4/c1-9(2)19-13-6-5-11(8-14(13)18-4)7-12-10(3)16-20-15(12)17/h5-9H,1-4H3/b12-7+. The van der Waals surface area contributed by atoms with E-state index < -0.39 is 5.97 Å². The van der Waals surface area contributed by atoms with Crippen LogP contribution in [0.3, 0.4) is 0 Å². The van der Waals surface area contributed by atoms with Crippen LogP contribution < -0.4 is 9.47 Å². The number of benzene rings is 1. The van der Waals surface area contributed by atoms with Gasteiger partial charge < -0.3 is 14.3 Å².